The second-order valence-electron chi connectivity index (χ2n) is 6.32. The van der Waals surface area contributed by atoms with Gasteiger partial charge in [0.1, 0.15) is 10.9 Å². The lowest BCUT2D eigenvalue weighted by Gasteiger charge is -2.16. The maximum Gasteiger partial charge on any atom is 0.433 e. The van der Waals surface area contributed by atoms with Crippen LogP contribution in [-0.4, -0.2) is 24.6 Å². The standard InChI is InChI=1S/C18H19F3N2O3S/c1-11-7-12(2)9-15(8-11)23-17(24)13(3)27(25,26)10-14-5-4-6-22-16(14)18(19,20)21/h4-9,13H,10H2,1-3H3,(H,23,24). The average Bonchev–Trinajstić information content (AvgIpc) is 2.52. The van der Waals surface area contributed by atoms with Gasteiger partial charge in [0.2, 0.25) is 5.91 Å². The smallest absolute Gasteiger partial charge is 0.325 e. The highest BCUT2D eigenvalue weighted by atomic mass is 32.2. The molecule has 5 nitrogen and oxygen atoms in total. The van der Waals surface area contributed by atoms with Crippen molar-refractivity contribution in [1.82, 2.24) is 4.98 Å². The number of hydrogen-bond acceptors (Lipinski definition) is 4. The molecule has 0 radical (unpaired) electrons. The van der Waals surface area contributed by atoms with Crippen molar-refractivity contribution in [2.24, 2.45) is 0 Å². The van der Waals surface area contributed by atoms with E-state index in [0.29, 0.717) is 5.69 Å². The van der Waals surface area contributed by atoms with E-state index in [1.807, 2.05) is 19.9 Å². The van der Waals surface area contributed by atoms with Gasteiger partial charge in [0, 0.05) is 11.9 Å². The van der Waals surface area contributed by atoms with Gasteiger partial charge < -0.3 is 5.32 Å². The highest BCUT2D eigenvalue weighted by Crippen LogP contribution is 2.31. The van der Waals surface area contributed by atoms with Crippen LogP contribution in [-0.2, 0) is 26.6 Å². The predicted molar refractivity (Wildman–Crippen MR) is 95.9 cm³/mol. The largest absolute Gasteiger partial charge is 0.433 e. The zero-order chi connectivity index (χ0) is 20.4. The van der Waals surface area contributed by atoms with E-state index in [9.17, 15) is 26.4 Å². The molecular formula is C18H19F3N2O3S. The van der Waals surface area contributed by atoms with Gasteiger partial charge in [0.25, 0.3) is 0 Å². The summed E-state index contributed by atoms with van der Waals surface area (Å²) in [5.41, 5.74) is 0.431. The van der Waals surface area contributed by atoms with Crippen LogP contribution in [0.2, 0.25) is 0 Å². The number of benzene rings is 1. The lowest BCUT2D eigenvalue weighted by Crippen LogP contribution is -2.34. The van der Waals surface area contributed by atoms with Gasteiger partial charge in [-0.15, -0.1) is 0 Å². The van der Waals surface area contributed by atoms with Crippen LogP contribution in [0.25, 0.3) is 0 Å². The number of nitrogens with zero attached hydrogens (tertiary/aromatic N) is 1. The minimum absolute atomic E-state index is 0.428. The molecule has 1 heterocycles. The third kappa shape index (κ3) is 5.29. The van der Waals surface area contributed by atoms with Crippen LogP contribution in [0.1, 0.15) is 29.3 Å². The lowest BCUT2D eigenvalue weighted by atomic mass is 10.1. The number of aromatic nitrogens is 1. The fraction of sp³-hybridized carbons (Fsp3) is 0.333. The number of aryl methyl sites for hydroxylation is 2. The van der Waals surface area contributed by atoms with E-state index in [4.69, 9.17) is 0 Å². The first-order valence-electron chi connectivity index (χ1n) is 8.02. The number of anilines is 1. The Balaban J connectivity index is 2.22. The quantitative estimate of drug-likeness (QED) is 0.831. The topological polar surface area (TPSA) is 76.1 Å². The van der Waals surface area contributed by atoms with Crippen molar-refractivity contribution < 1.29 is 26.4 Å². The molecule has 1 N–H and O–H groups in total. The van der Waals surface area contributed by atoms with Crippen molar-refractivity contribution in [3.63, 3.8) is 0 Å². The summed E-state index contributed by atoms with van der Waals surface area (Å²) >= 11 is 0. The fourth-order valence-corrected chi connectivity index (χ4v) is 3.91. The van der Waals surface area contributed by atoms with E-state index in [1.165, 1.54) is 6.07 Å². The van der Waals surface area contributed by atoms with Gasteiger partial charge >= 0.3 is 6.18 Å². The van der Waals surface area contributed by atoms with Crippen molar-refractivity contribution in [2.45, 2.75) is 38.0 Å². The number of nitrogens with one attached hydrogen (secondary N) is 1. The zero-order valence-electron chi connectivity index (χ0n) is 15.0. The Morgan fingerprint density at radius 3 is 2.33 bits per heavy atom. The fourth-order valence-electron chi connectivity index (χ4n) is 2.61. The zero-order valence-corrected chi connectivity index (χ0v) is 15.8. The first-order valence-corrected chi connectivity index (χ1v) is 9.73. The van der Waals surface area contributed by atoms with Crippen LogP contribution >= 0.6 is 0 Å². The minimum atomic E-state index is -4.78. The number of rotatable bonds is 5. The van der Waals surface area contributed by atoms with Gasteiger partial charge in [-0.05, 0) is 55.7 Å². The molecule has 0 spiro atoms. The van der Waals surface area contributed by atoms with E-state index in [-0.39, 0.29) is 0 Å². The number of alkyl halides is 3. The Labute approximate surface area is 155 Å². The summed E-state index contributed by atoms with van der Waals surface area (Å²) in [6.07, 6.45) is -3.84. The summed E-state index contributed by atoms with van der Waals surface area (Å²) in [5.74, 6) is -1.74. The summed E-state index contributed by atoms with van der Waals surface area (Å²) in [4.78, 5) is 15.6. The van der Waals surface area contributed by atoms with Gasteiger partial charge in [-0.2, -0.15) is 13.2 Å². The number of pyridine rings is 1. The van der Waals surface area contributed by atoms with Crippen molar-refractivity contribution >= 4 is 21.4 Å². The maximum atomic E-state index is 13.0. The Morgan fingerprint density at radius 1 is 1.19 bits per heavy atom. The third-order valence-electron chi connectivity index (χ3n) is 3.91. The van der Waals surface area contributed by atoms with Gasteiger partial charge in [0.05, 0.1) is 5.75 Å². The number of halogens is 3. The molecule has 1 aromatic heterocycles. The number of amides is 1. The predicted octanol–water partition coefficient (Wildman–Crippen LogP) is 3.66. The number of carbonyl (C=O) groups is 1. The number of sulfone groups is 1. The van der Waals surface area contributed by atoms with E-state index in [1.54, 1.807) is 12.1 Å². The summed E-state index contributed by atoms with van der Waals surface area (Å²) in [6.45, 7) is 4.80. The molecule has 9 heteroatoms. The van der Waals surface area contributed by atoms with E-state index in [0.717, 1.165) is 30.3 Å². The van der Waals surface area contributed by atoms with Gasteiger partial charge in [-0.1, -0.05) is 12.1 Å². The van der Waals surface area contributed by atoms with Crippen molar-refractivity contribution in [2.75, 3.05) is 5.32 Å². The van der Waals surface area contributed by atoms with E-state index < -0.39 is 44.2 Å². The molecule has 1 amide bonds. The van der Waals surface area contributed by atoms with Crippen LogP contribution in [0.3, 0.4) is 0 Å². The van der Waals surface area contributed by atoms with Crippen molar-refractivity contribution in [1.29, 1.82) is 0 Å². The van der Waals surface area contributed by atoms with Crippen LogP contribution in [0.5, 0.6) is 0 Å². The molecule has 0 saturated heterocycles. The first kappa shape index (κ1) is 20.9. The van der Waals surface area contributed by atoms with Crippen LogP contribution in [0.15, 0.2) is 36.5 Å². The van der Waals surface area contributed by atoms with Gasteiger partial charge in [-0.25, -0.2) is 8.42 Å². The normalized spacial score (nSPS) is 13.3. The molecule has 0 saturated carbocycles. The second-order valence-corrected chi connectivity index (χ2v) is 8.65. The summed E-state index contributed by atoms with van der Waals surface area (Å²) in [7, 11) is -4.19. The highest BCUT2D eigenvalue weighted by Gasteiger charge is 2.37. The Hall–Kier alpha value is -2.42. The minimum Gasteiger partial charge on any atom is -0.325 e. The van der Waals surface area contributed by atoms with Crippen LogP contribution < -0.4 is 5.32 Å². The molecule has 2 aromatic rings. The van der Waals surface area contributed by atoms with Gasteiger partial charge in [0.15, 0.2) is 9.84 Å². The molecule has 1 unspecified atom stereocenters. The van der Waals surface area contributed by atoms with E-state index >= 15 is 0 Å². The Bertz CT molecular complexity index is 936. The molecule has 1 aromatic carbocycles. The molecule has 146 valence electrons. The van der Waals surface area contributed by atoms with Crippen molar-refractivity contribution in [3.8, 4) is 0 Å². The molecule has 0 aliphatic heterocycles. The average molecular weight is 400 g/mol. The number of hydrogen-bond donors (Lipinski definition) is 1. The molecule has 0 aliphatic rings. The Kier molecular flexibility index (Phi) is 5.94. The molecule has 2 rings (SSSR count). The second kappa shape index (κ2) is 7.67. The Morgan fingerprint density at radius 2 is 1.78 bits per heavy atom. The van der Waals surface area contributed by atoms with E-state index in [2.05, 4.69) is 10.3 Å². The highest BCUT2D eigenvalue weighted by molar-refractivity contribution is 7.92. The monoisotopic (exact) mass is 400 g/mol. The van der Waals surface area contributed by atoms with Crippen molar-refractivity contribution in [3.05, 3.63) is 58.9 Å². The van der Waals surface area contributed by atoms with Crippen LogP contribution in [0, 0.1) is 13.8 Å². The maximum absolute atomic E-state index is 13.0. The van der Waals surface area contributed by atoms with Crippen LogP contribution in [0.4, 0.5) is 18.9 Å². The molecule has 27 heavy (non-hydrogen) atoms. The molecule has 0 bridgehead atoms. The molecule has 0 aliphatic carbocycles. The molecule has 1 atom stereocenters. The summed E-state index contributed by atoms with van der Waals surface area (Å²) in [5, 5.41) is 0.976. The number of carbonyl (C=O) groups excluding carboxylic acids is 1. The molecular weight excluding hydrogens is 381 g/mol. The molecule has 0 fully saturated rings. The third-order valence-corrected chi connectivity index (χ3v) is 5.92. The SMILES string of the molecule is Cc1cc(C)cc(NC(=O)C(C)S(=O)(=O)Cc2cccnc2C(F)(F)F)c1. The first-order chi connectivity index (χ1) is 12.4. The summed E-state index contributed by atoms with van der Waals surface area (Å²) in [6, 6.07) is 7.50. The summed E-state index contributed by atoms with van der Waals surface area (Å²) < 4.78 is 64.0. The lowest BCUT2D eigenvalue weighted by molar-refractivity contribution is -0.141. The van der Waals surface area contributed by atoms with Gasteiger partial charge in [-0.3, -0.25) is 9.78 Å².